The Hall–Kier alpha value is -1.07. The number of benzene rings is 1. The van der Waals surface area contributed by atoms with Crippen molar-refractivity contribution in [2.24, 2.45) is 11.7 Å². The first kappa shape index (κ1) is 15.3. The van der Waals surface area contributed by atoms with E-state index in [9.17, 15) is 8.42 Å². The van der Waals surface area contributed by atoms with Crippen LogP contribution in [0.25, 0.3) is 0 Å². The van der Waals surface area contributed by atoms with Gasteiger partial charge in [-0.2, -0.15) is 0 Å². The molecule has 20 heavy (non-hydrogen) atoms. The minimum atomic E-state index is -3.09. The second-order valence-corrected chi connectivity index (χ2v) is 7.68. The molecule has 1 saturated heterocycles. The molecule has 0 amide bonds. The third-order valence-electron chi connectivity index (χ3n) is 4.13. The van der Waals surface area contributed by atoms with Gasteiger partial charge in [-0.3, -0.25) is 0 Å². The van der Waals surface area contributed by atoms with E-state index >= 15 is 0 Å². The zero-order valence-corrected chi connectivity index (χ0v) is 12.9. The van der Waals surface area contributed by atoms with E-state index in [1.165, 1.54) is 12.8 Å². The third kappa shape index (κ3) is 3.52. The molecule has 112 valence electrons. The van der Waals surface area contributed by atoms with Gasteiger partial charge in [-0.25, -0.2) is 8.42 Å². The predicted molar refractivity (Wildman–Crippen MR) is 82.8 cm³/mol. The molecule has 4 nitrogen and oxygen atoms in total. The van der Waals surface area contributed by atoms with Gasteiger partial charge in [0.05, 0.1) is 10.6 Å². The van der Waals surface area contributed by atoms with Crippen LogP contribution in [-0.2, 0) is 9.84 Å². The van der Waals surface area contributed by atoms with Gasteiger partial charge in [0.25, 0.3) is 0 Å². The Balaban J connectivity index is 2.01. The Morgan fingerprint density at radius 2 is 1.80 bits per heavy atom. The summed E-state index contributed by atoms with van der Waals surface area (Å²) in [5.41, 5.74) is 6.72. The normalized spacial score (nSPS) is 17.4. The summed E-state index contributed by atoms with van der Waals surface area (Å²) < 4.78 is 23.6. The molecule has 5 heteroatoms. The van der Waals surface area contributed by atoms with Gasteiger partial charge in [-0.1, -0.05) is 6.92 Å². The quantitative estimate of drug-likeness (QED) is 0.903. The summed E-state index contributed by atoms with van der Waals surface area (Å²) >= 11 is 0. The lowest BCUT2D eigenvalue weighted by Gasteiger charge is -2.33. The molecule has 0 unspecified atom stereocenters. The maximum absolute atomic E-state index is 11.8. The van der Waals surface area contributed by atoms with Crippen molar-refractivity contribution in [3.63, 3.8) is 0 Å². The van der Waals surface area contributed by atoms with Crippen LogP contribution in [0.5, 0.6) is 0 Å². The fraction of sp³-hybridized carbons (Fsp3) is 0.600. The second kappa shape index (κ2) is 6.59. The van der Waals surface area contributed by atoms with Crippen molar-refractivity contribution in [3.05, 3.63) is 24.3 Å². The van der Waals surface area contributed by atoms with Crippen molar-refractivity contribution in [1.29, 1.82) is 0 Å². The molecule has 0 bridgehead atoms. The zero-order valence-electron chi connectivity index (χ0n) is 12.1. The van der Waals surface area contributed by atoms with Gasteiger partial charge >= 0.3 is 0 Å². The monoisotopic (exact) mass is 296 g/mol. The van der Waals surface area contributed by atoms with Crippen LogP contribution in [0, 0.1) is 5.92 Å². The number of rotatable bonds is 5. The highest BCUT2D eigenvalue weighted by Crippen LogP contribution is 2.26. The Morgan fingerprint density at radius 3 is 2.30 bits per heavy atom. The minimum absolute atomic E-state index is 0.150. The first-order chi connectivity index (χ1) is 9.56. The molecule has 2 rings (SSSR count). The van der Waals surface area contributed by atoms with Crippen molar-refractivity contribution in [2.45, 2.75) is 31.1 Å². The minimum Gasteiger partial charge on any atom is -0.372 e. The van der Waals surface area contributed by atoms with E-state index in [0.717, 1.165) is 37.7 Å². The molecular formula is C15H24N2O2S. The lowest BCUT2D eigenvalue weighted by molar-refractivity contribution is 0.386. The Labute approximate surface area is 121 Å². The van der Waals surface area contributed by atoms with E-state index in [1.807, 2.05) is 12.1 Å². The van der Waals surface area contributed by atoms with Crippen molar-refractivity contribution in [3.8, 4) is 0 Å². The third-order valence-corrected chi connectivity index (χ3v) is 5.88. The van der Waals surface area contributed by atoms with Crippen LogP contribution < -0.4 is 10.6 Å². The van der Waals surface area contributed by atoms with Gasteiger partial charge in [0.15, 0.2) is 9.84 Å². The number of sulfone groups is 1. The van der Waals surface area contributed by atoms with Crippen LogP contribution in [0.2, 0.25) is 0 Å². The molecule has 0 saturated carbocycles. The van der Waals surface area contributed by atoms with Crippen LogP contribution in [0.1, 0.15) is 26.2 Å². The molecular weight excluding hydrogens is 272 g/mol. The molecule has 2 N–H and O–H groups in total. The van der Waals surface area contributed by atoms with Crippen LogP contribution in [0.15, 0.2) is 29.2 Å². The van der Waals surface area contributed by atoms with E-state index < -0.39 is 9.84 Å². The molecule has 0 radical (unpaired) electrons. The van der Waals surface area contributed by atoms with E-state index in [0.29, 0.717) is 4.90 Å². The molecule has 1 aromatic carbocycles. The first-order valence-electron chi connectivity index (χ1n) is 7.34. The average molecular weight is 296 g/mol. The summed E-state index contributed by atoms with van der Waals surface area (Å²) in [7, 11) is -3.09. The number of piperidine rings is 1. The maximum Gasteiger partial charge on any atom is 0.178 e. The average Bonchev–Trinajstić information content (AvgIpc) is 2.48. The SMILES string of the molecule is CCS(=O)(=O)c1ccc(N2CCC(CCN)CC2)cc1. The highest BCUT2D eigenvalue weighted by molar-refractivity contribution is 7.91. The largest absolute Gasteiger partial charge is 0.372 e. The smallest absolute Gasteiger partial charge is 0.178 e. The molecule has 0 aromatic heterocycles. The molecule has 0 atom stereocenters. The molecule has 1 fully saturated rings. The van der Waals surface area contributed by atoms with Crippen LogP contribution in [-0.4, -0.2) is 33.8 Å². The molecule has 1 aromatic rings. The second-order valence-electron chi connectivity index (χ2n) is 5.41. The Morgan fingerprint density at radius 1 is 1.20 bits per heavy atom. The summed E-state index contributed by atoms with van der Waals surface area (Å²) in [6.45, 7) is 4.51. The molecule has 1 aliphatic rings. The van der Waals surface area contributed by atoms with Gasteiger partial charge in [-0.05, 0) is 56.0 Å². The lowest BCUT2D eigenvalue weighted by Crippen LogP contribution is -2.34. The number of hydrogen-bond donors (Lipinski definition) is 1. The van der Waals surface area contributed by atoms with E-state index in [1.54, 1.807) is 19.1 Å². The number of hydrogen-bond acceptors (Lipinski definition) is 4. The van der Waals surface area contributed by atoms with Gasteiger partial charge in [0, 0.05) is 18.8 Å². The summed E-state index contributed by atoms with van der Waals surface area (Å²) in [6, 6.07) is 7.29. The fourth-order valence-electron chi connectivity index (χ4n) is 2.75. The van der Waals surface area contributed by atoms with E-state index in [-0.39, 0.29) is 5.75 Å². The summed E-state index contributed by atoms with van der Waals surface area (Å²) in [6.07, 6.45) is 3.46. The maximum atomic E-state index is 11.8. The van der Waals surface area contributed by atoms with Crippen LogP contribution >= 0.6 is 0 Å². The summed E-state index contributed by atoms with van der Waals surface area (Å²) in [4.78, 5) is 2.75. The van der Waals surface area contributed by atoms with Gasteiger partial charge in [-0.15, -0.1) is 0 Å². The summed E-state index contributed by atoms with van der Waals surface area (Å²) in [5, 5.41) is 0. The van der Waals surface area contributed by atoms with Crippen LogP contribution in [0.4, 0.5) is 5.69 Å². The molecule has 1 aliphatic heterocycles. The van der Waals surface area contributed by atoms with Crippen molar-refractivity contribution in [1.82, 2.24) is 0 Å². The van der Waals surface area contributed by atoms with Crippen molar-refractivity contribution >= 4 is 15.5 Å². The highest BCUT2D eigenvalue weighted by Gasteiger charge is 2.19. The van der Waals surface area contributed by atoms with Crippen molar-refractivity contribution in [2.75, 3.05) is 30.3 Å². The predicted octanol–water partition coefficient (Wildman–Crippen LogP) is 2.05. The highest BCUT2D eigenvalue weighted by atomic mass is 32.2. The first-order valence-corrected chi connectivity index (χ1v) is 9.00. The molecule has 0 aliphatic carbocycles. The standard InChI is InChI=1S/C15H24N2O2S/c1-2-20(18,19)15-5-3-14(4-6-15)17-11-8-13(7-10-16)9-12-17/h3-6,13H,2,7-12,16H2,1H3. The van der Waals surface area contributed by atoms with E-state index in [2.05, 4.69) is 4.90 Å². The van der Waals surface area contributed by atoms with Gasteiger partial charge in [0.1, 0.15) is 0 Å². The van der Waals surface area contributed by atoms with Crippen molar-refractivity contribution < 1.29 is 8.42 Å². The molecule has 0 spiro atoms. The zero-order chi connectivity index (χ0) is 14.6. The number of anilines is 1. The topological polar surface area (TPSA) is 63.4 Å². The van der Waals surface area contributed by atoms with Gasteiger partial charge < -0.3 is 10.6 Å². The summed E-state index contributed by atoms with van der Waals surface area (Å²) in [5.74, 6) is 0.896. The molecule has 1 heterocycles. The van der Waals surface area contributed by atoms with E-state index in [4.69, 9.17) is 5.73 Å². The number of nitrogens with two attached hydrogens (primary N) is 1. The van der Waals surface area contributed by atoms with Crippen LogP contribution in [0.3, 0.4) is 0 Å². The Bertz CT molecular complexity index is 517. The Kier molecular flexibility index (Phi) is 5.05. The fourth-order valence-corrected chi connectivity index (χ4v) is 3.63. The lowest BCUT2D eigenvalue weighted by atomic mass is 9.93. The number of nitrogens with zero attached hydrogens (tertiary/aromatic N) is 1. The van der Waals surface area contributed by atoms with Gasteiger partial charge in [0.2, 0.25) is 0 Å².